The molecule has 2 unspecified atom stereocenters. The highest BCUT2D eigenvalue weighted by Gasteiger charge is 2.13. The van der Waals surface area contributed by atoms with Crippen molar-refractivity contribution in [3.8, 4) is 0 Å². The van der Waals surface area contributed by atoms with Crippen molar-refractivity contribution in [1.82, 2.24) is 10.6 Å². The van der Waals surface area contributed by atoms with Crippen LogP contribution in [0.3, 0.4) is 0 Å². The SMILES string of the molecule is C.C/C(N)=C/C(=O)NCC(OCCI)c1ccccc1.CCCOC(CNC(=O)/C=C(/C)N)c1ccccc1. The fourth-order valence-electron chi connectivity index (χ4n) is 3.23. The minimum Gasteiger partial charge on any atom is -0.402 e. The van der Waals surface area contributed by atoms with E-state index in [0.29, 0.717) is 37.7 Å². The van der Waals surface area contributed by atoms with Crippen molar-refractivity contribution in [2.45, 2.75) is 46.8 Å². The second-order valence-corrected chi connectivity index (χ2v) is 9.57. The normalized spacial score (nSPS) is 12.7. The van der Waals surface area contributed by atoms with E-state index < -0.39 is 0 Å². The van der Waals surface area contributed by atoms with Crippen molar-refractivity contribution in [3.63, 3.8) is 0 Å². The van der Waals surface area contributed by atoms with Gasteiger partial charge in [0.1, 0.15) is 0 Å². The van der Waals surface area contributed by atoms with Crippen molar-refractivity contribution in [2.24, 2.45) is 11.5 Å². The van der Waals surface area contributed by atoms with E-state index in [4.69, 9.17) is 20.9 Å². The number of alkyl halides is 1. The maximum atomic E-state index is 11.5. The van der Waals surface area contributed by atoms with E-state index in [1.54, 1.807) is 13.8 Å². The summed E-state index contributed by atoms with van der Waals surface area (Å²) in [5, 5.41) is 5.60. The Balaban J connectivity index is 0.000000722. The zero-order valence-corrected chi connectivity index (χ0v) is 24.6. The number of carbonyl (C=O) groups is 2. The molecule has 0 aliphatic rings. The molecule has 0 spiro atoms. The van der Waals surface area contributed by atoms with Gasteiger partial charge in [0.15, 0.2) is 0 Å². The van der Waals surface area contributed by atoms with Crippen LogP contribution in [0.15, 0.2) is 84.2 Å². The van der Waals surface area contributed by atoms with E-state index in [0.717, 1.165) is 22.0 Å². The topological polar surface area (TPSA) is 129 Å². The van der Waals surface area contributed by atoms with Crippen molar-refractivity contribution < 1.29 is 19.1 Å². The van der Waals surface area contributed by atoms with E-state index in [1.165, 1.54) is 12.2 Å². The Morgan fingerprint density at radius 1 is 0.795 bits per heavy atom. The van der Waals surface area contributed by atoms with E-state index in [9.17, 15) is 9.59 Å². The molecule has 2 aromatic rings. The first-order valence-corrected chi connectivity index (χ1v) is 14.1. The van der Waals surface area contributed by atoms with Gasteiger partial charge in [-0.25, -0.2) is 0 Å². The first kappa shape index (κ1) is 36.1. The molecule has 2 atom stereocenters. The number of ether oxygens (including phenoxy) is 2. The Hall–Kier alpha value is -2.89. The van der Waals surface area contributed by atoms with Gasteiger partial charge in [0, 0.05) is 47.7 Å². The highest BCUT2D eigenvalue weighted by Crippen LogP contribution is 2.17. The number of halogens is 1. The first-order valence-electron chi connectivity index (χ1n) is 12.6. The molecular formula is C30H45IN4O4. The van der Waals surface area contributed by atoms with Gasteiger partial charge >= 0.3 is 0 Å². The molecule has 0 bridgehead atoms. The van der Waals surface area contributed by atoms with Crippen molar-refractivity contribution in [1.29, 1.82) is 0 Å². The molecule has 6 N–H and O–H groups in total. The zero-order chi connectivity index (χ0) is 28.2. The highest BCUT2D eigenvalue weighted by atomic mass is 127. The summed E-state index contributed by atoms with van der Waals surface area (Å²) >= 11 is 2.26. The van der Waals surface area contributed by atoms with E-state index in [1.807, 2.05) is 60.7 Å². The Morgan fingerprint density at radius 3 is 1.51 bits per heavy atom. The summed E-state index contributed by atoms with van der Waals surface area (Å²) < 4.78 is 12.4. The summed E-state index contributed by atoms with van der Waals surface area (Å²) in [5.41, 5.74) is 14.0. The maximum Gasteiger partial charge on any atom is 0.245 e. The summed E-state index contributed by atoms with van der Waals surface area (Å²) in [6.45, 7) is 7.61. The molecule has 2 aromatic carbocycles. The Bertz CT molecular complexity index is 911. The van der Waals surface area contributed by atoms with Gasteiger partial charge in [-0.2, -0.15) is 0 Å². The molecule has 216 valence electrons. The lowest BCUT2D eigenvalue weighted by Gasteiger charge is -2.18. The molecule has 0 fully saturated rings. The van der Waals surface area contributed by atoms with Gasteiger partial charge in [-0.3, -0.25) is 9.59 Å². The van der Waals surface area contributed by atoms with E-state index >= 15 is 0 Å². The van der Waals surface area contributed by atoms with Gasteiger partial charge in [-0.05, 0) is 31.4 Å². The lowest BCUT2D eigenvalue weighted by atomic mass is 10.1. The van der Waals surface area contributed by atoms with Gasteiger partial charge in [0.05, 0.1) is 18.8 Å². The summed E-state index contributed by atoms with van der Waals surface area (Å²) in [6, 6.07) is 19.7. The quantitative estimate of drug-likeness (QED) is 0.130. The third-order valence-electron chi connectivity index (χ3n) is 4.90. The van der Waals surface area contributed by atoms with Gasteiger partial charge in [0.25, 0.3) is 0 Å². The molecule has 0 aliphatic carbocycles. The van der Waals surface area contributed by atoms with Crippen molar-refractivity contribution in [3.05, 3.63) is 95.3 Å². The van der Waals surface area contributed by atoms with Crippen LogP contribution in [-0.4, -0.2) is 42.5 Å². The molecule has 0 radical (unpaired) electrons. The number of carbonyl (C=O) groups excluding carboxylic acids is 2. The van der Waals surface area contributed by atoms with E-state index in [-0.39, 0.29) is 31.4 Å². The van der Waals surface area contributed by atoms with Gasteiger partial charge in [0.2, 0.25) is 11.8 Å². The number of rotatable bonds is 14. The minimum absolute atomic E-state index is 0. The number of amides is 2. The molecule has 0 aliphatic heterocycles. The predicted molar refractivity (Wildman–Crippen MR) is 168 cm³/mol. The molecule has 0 saturated heterocycles. The smallest absolute Gasteiger partial charge is 0.245 e. The fourth-order valence-corrected chi connectivity index (χ4v) is 3.48. The molecule has 2 rings (SSSR count). The second kappa shape index (κ2) is 22.0. The van der Waals surface area contributed by atoms with Crippen LogP contribution in [0, 0.1) is 0 Å². The largest absolute Gasteiger partial charge is 0.402 e. The Morgan fingerprint density at radius 2 is 1.18 bits per heavy atom. The molecule has 8 nitrogen and oxygen atoms in total. The van der Waals surface area contributed by atoms with Crippen molar-refractivity contribution >= 4 is 34.4 Å². The summed E-state index contributed by atoms with van der Waals surface area (Å²) in [5.74, 6) is -0.389. The van der Waals surface area contributed by atoms with Crippen LogP contribution in [0.4, 0.5) is 0 Å². The number of benzene rings is 2. The number of hydrogen-bond donors (Lipinski definition) is 4. The molecule has 0 aromatic heterocycles. The number of nitrogens with two attached hydrogens (primary N) is 2. The van der Waals surface area contributed by atoms with Crippen LogP contribution >= 0.6 is 22.6 Å². The van der Waals surface area contributed by atoms with Gasteiger partial charge in [-0.1, -0.05) is 97.6 Å². The van der Waals surface area contributed by atoms with Crippen LogP contribution in [0.2, 0.25) is 0 Å². The van der Waals surface area contributed by atoms with Crippen LogP contribution in [0.1, 0.15) is 58.0 Å². The second-order valence-electron chi connectivity index (χ2n) is 8.50. The Labute approximate surface area is 247 Å². The molecule has 2 amide bonds. The van der Waals surface area contributed by atoms with Crippen LogP contribution in [0.5, 0.6) is 0 Å². The predicted octanol–water partition coefficient (Wildman–Crippen LogP) is 4.93. The number of allylic oxidation sites excluding steroid dienone is 2. The van der Waals surface area contributed by atoms with Gasteiger partial charge in [-0.15, -0.1) is 0 Å². The maximum absolute atomic E-state index is 11.5. The summed E-state index contributed by atoms with van der Waals surface area (Å²) in [7, 11) is 0. The highest BCUT2D eigenvalue weighted by molar-refractivity contribution is 14.1. The van der Waals surface area contributed by atoms with Crippen LogP contribution in [0.25, 0.3) is 0 Å². The third kappa shape index (κ3) is 17.3. The molecule has 0 heterocycles. The fraction of sp³-hybridized carbons (Fsp3) is 0.400. The zero-order valence-electron chi connectivity index (χ0n) is 22.5. The summed E-state index contributed by atoms with van der Waals surface area (Å²) in [4.78, 5) is 23.1. The van der Waals surface area contributed by atoms with Crippen LogP contribution < -0.4 is 22.1 Å². The van der Waals surface area contributed by atoms with E-state index in [2.05, 4.69) is 40.1 Å². The first-order chi connectivity index (χ1) is 18.3. The lowest BCUT2D eigenvalue weighted by molar-refractivity contribution is -0.118. The molecular weight excluding hydrogens is 607 g/mol. The molecule has 0 saturated carbocycles. The van der Waals surface area contributed by atoms with Gasteiger partial charge < -0.3 is 31.6 Å². The lowest BCUT2D eigenvalue weighted by Crippen LogP contribution is -2.29. The number of nitrogens with one attached hydrogen (secondary N) is 2. The average molecular weight is 653 g/mol. The molecule has 39 heavy (non-hydrogen) atoms. The standard InChI is InChI=1S/C15H22N2O2.C14H19IN2O2.CH4/c1-3-9-19-14(13-7-5-4-6-8-13)11-17-15(18)10-12(2)16;1-11(16)9-14(18)17-10-13(19-8-7-15)12-5-3-2-4-6-12;/h4-8,10,14H,3,9,11,16H2,1-2H3,(H,17,18);2-6,9,13H,7-8,10,16H2,1H3,(H,17,18);1H4/b12-10-;11-9-;. The summed E-state index contributed by atoms with van der Waals surface area (Å²) in [6.07, 6.45) is 3.43. The number of hydrogen-bond acceptors (Lipinski definition) is 6. The van der Waals surface area contributed by atoms with Crippen LogP contribution in [-0.2, 0) is 19.1 Å². The van der Waals surface area contributed by atoms with Crippen molar-refractivity contribution in [2.75, 3.05) is 30.7 Å². The minimum atomic E-state index is -0.195. The average Bonchev–Trinajstić information content (AvgIpc) is 2.89. The Kier molecular flexibility index (Phi) is 20.4. The third-order valence-corrected chi connectivity index (χ3v) is 5.34. The molecule has 9 heteroatoms. The monoisotopic (exact) mass is 652 g/mol.